The lowest BCUT2D eigenvalue weighted by molar-refractivity contribution is 1.08. The van der Waals surface area contributed by atoms with Crippen molar-refractivity contribution < 1.29 is 0 Å². The number of hydrogen-bond acceptors (Lipinski definition) is 10. The molecule has 4 heterocycles. The quantitative estimate of drug-likeness (QED) is 0.254. The third kappa shape index (κ3) is 2.14. The van der Waals surface area contributed by atoms with E-state index >= 15 is 0 Å². The van der Waals surface area contributed by atoms with E-state index in [1.54, 1.807) is 0 Å². The molecule has 0 unspecified atom stereocenters. The Balaban J connectivity index is 1.75. The highest BCUT2D eigenvalue weighted by molar-refractivity contribution is 5.73. The zero-order valence-corrected chi connectivity index (χ0v) is 11.7. The van der Waals surface area contributed by atoms with Crippen molar-refractivity contribution in [2.24, 2.45) is 10.2 Å². The molecule has 0 aliphatic heterocycles. The van der Waals surface area contributed by atoms with Crippen molar-refractivity contribution in [1.29, 1.82) is 0 Å². The van der Waals surface area contributed by atoms with E-state index in [0.29, 0.717) is 0 Å². The van der Waals surface area contributed by atoms with Gasteiger partial charge in [0.05, 0.1) is 0 Å². The van der Waals surface area contributed by atoms with Gasteiger partial charge in [0.1, 0.15) is 0 Å². The molecule has 0 aliphatic rings. The highest BCUT2D eigenvalue weighted by Gasteiger charge is 2.10. The molecular weight excluding hydrogens is 320 g/mol. The van der Waals surface area contributed by atoms with Crippen molar-refractivity contribution in [1.82, 2.24) is 39.9 Å². The van der Waals surface area contributed by atoms with E-state index in [0.717, 1.165) is 0 Å². The highest BCUT2D eigenvalue weighted by Crippen LogP contribution is 2.16. The smallest absolute Gasteiger partial charge is 0.278 e. The first-order chi connectivity index (χ1) is 11.5. The van der Waals surface area contributed by atoms with E-state index in [-0.39, 0.29) is 46.1 Å². The van der Waals surface area contributed by atoms with Crippen LogP contribution in [0.1, 0.15) is 0 Å². The van der Waals surface area contributed by atoms with Crippen molar-refractivity contribution in [3.63, 3.8) is 0 Å². The average Bonchev–Trinajstić information content (AvgIpc) is 3.08. The Morgan fingerprint density at radius 2 is 1.08 bits per heavy atom. The molecule has 0 saturated carbocycles. The van der Waals surface area contributed by atoms with Gasteiger partial charge < -0.3 is 21.4 Å². The number of aromatic amines is 4. The Morgan fingerprint density at radius 1 is 0.667 bits per heavy atom. The number of nitrogens with zero attached hydrogens (tertiary/aromatic N) is 6. The first kappa shape index (κ1) is 13.6. The van der Waals surface area contributed by atoms with Crippen LogP contribution in [-0.2, 0) is 0 Å². The number of hydrogen-bond donors (Lipinski definition) is 6. The number of imidazole rings is 2. The number of fused-ring (bicyclic) bond motifs is 2. The molecule has 24 heavy (non-hydrogen) atoms. The lowest BCUT2D eigenvalue weighted by atomic mass is 10.5. The number of anilines is 2. The van der Waals surface area contributed by atoms with Crippen LogP contribution in [0.2, 0.25) is 0 Å². The van der Waals surface area contributed by atoms with Crippen molar-refractivity contribution in [3.05, 3.63) is 20.7 Å². The number of nitrogens with one attached hydrogen (secondary N) is 4. The second-order valence-corrected chi connectivity index (χ2v) is 4.62. The number of H-pyrrole nitrogens is 4. The van der Waals surface area contributed by atoms with Crippen LogP contribution in [0.15, 0.2) is 19.8 Å². The van der Waals surface area contributed by atoms with Gasteiger partial charge in [-0.2, -0.15) is 19.9 Å². The van der Waals surface area contributed by atoms with E-state index in [2.05, 4.69) is 50.1 Å². The van der Waals surface area contributed by atoms with Gasteiger partial charge in [-0.05, 0) is 0 Å². The van der Waals surface area contributed by atoms with Gasteiger partial charge in [0, 0.05) is 0 Å². The molecule has 0 fully saturated rings. The fourth-order valence-corrected chi connectivity index (χ4v) is 2.01. The van der Waals surface area contributed by atoms with Crippen LogP contribution in [0.25, 0.3) is 22.3 Å². The van der Waals surface area contributed by atoms with E-state index in [4.69, 9.17) is 11.5 Å². The third-order valence-corrected chi connectivity index (χ3v) is 2.97. The first-order valence-electron chi connectivity index (χ1n) is 6.42. The summed E-state index contributed by atoms with van der Waals surface area (Å²) in [6.45, 7) is 0. The summed E-state index contributed by atoms with van der Waals surface area (Å²) < 4.78 is 0. The van der Waals surface area contributed by atoms with E-state index in [1.807, 2.05) is 0 Å². The summed E-state index contributed by atoms with van der Waals surface area (Å²) in [6.07, 6.45) is 0. The topological polar surface area (TPSA) is 226 Å². The van der Waals surface area contributed by atoms with Gasteiger partial charge in [0.15, 0.2) is 22.3 Å². The molecule has 8 N–H and O–H groups in total. The van der Waals surface area contributed by atoms with E-state index < -0.39 is 11.1 Å². The van der Waals surface area contributed by atoms with Crippen molar-refractivity contribution in [2.75, 3.05) is 11.5 Å². The highest BCUT2D eigenvalue weighted by atomic mass is 16.1. The normalized spacial score (nSPS) is 11.8. The minimum Gasteiger partial charge on any atom is -0.369 e. The Bertz CT molecular complexity index is 1130. The lowest BCUT2D eigenvalue weighted by Gasteiger charge is -1.88. The lowest BCUT2D eigenvalue weighted by Crippen LogP contribution is -2.10. The maximum Gasteiger partial charge on any atom is 0.278 e. The third-order valence-electron chi connectivity index (χ3n) is 2.97. The minimum absolute atomic E-state index is 0.00967. The molecule has 14 nitrogen and oxygen atoms in total. The molecule has 4 rings (SSSR count). The summed E-state index contributed by atoms with van der Waals surface area (Å²) in [5.74, 6) is -0.115. The number of azo groups is 1. The summed E-state index contributed by atoms with van der Waals surface area (Å²) >= 11 is 0. The van der Waals surface area contributed by atoms with Gasteiger partial charge in [-0.1, -0.05) is 0 Å². The standard InChI is InChI=1S/C10H8N12O2/c11-7-15-3-1(5(23)19-7)13-9(17-3)21-22-10-14-2-4(18-10)16-8(12)20-6(2)24/h(H4,11,13,15,17,19,23)(H4,12,14,16,18,20,24). The Hall–Kier alpha value is -4.10. The van der Waals surface area contributed by atoms with Gasteiger partial charge in [-0.25, -0.2) is 0 Å². The Morgan fingerprint density at radius 3 is 1.50 bits per heavy atom. The van der Waals surface area contributed by atoms with Gasteiger partial charge in [0.25, 0.3) is 11.1 Å². The van der Waals surface area contributed by atoms with Crippen LogP contribution in [-0.4, -0.2) is 39.9 Å². The zero-order chi connectivity index (χ0) is 16.8. The van der Waals surface area contributed by atoms with Crippen molar-refractivity contribution in [2.45, 2.75) is 0 Å². The van der Waals surface area contributed by atoms with Crippen LogP contribution in [0.4, 0.5) is 23.8 Å². The molecular formula is C10H8N12O2. The second kappa shape index (κ2) is 4.70. The van der Waals surface area contributed by atoms with Crippen molar-refractivity contribution in [3.8, 4) is 0 Å². The molecule has 0 amide bonds. The Labute approximate surface area is 129 Å². The molecule has 0 saturated heterocycles. The van der Waals surface area contributed by atoms with E-state index in [9.17, 15) is 9.59 Å². The van der Waals surface area contributed by atoms with Crippen LogP contribution in [0, 0.1) is 0 Å². The zero-order valence-electron chi connectivity index (χ0n) is 11.7. The summed E-state index contributed by atoms with van der Waals surface area (Å²) in [5, 5.41) is 7.58. The minimum atomic E-state index is -0.485. The van der Waals surface area contributed by atoms with Crippen LogP contribution in [0.5, 0.6) is 0 Å². The molecule has 0 aliphatic carbocycles. The number of nitrogens with two attached hydrogens (primary N) is 2. The predicted octanol–water partition coefficient (Wildman–Crippen LogP) is -0.814. The molecule has 4 aromatic heterocycles. The van der Waals surface area contributed by atoms with Gasteiger partial charge in [-0.15, -0.1) is 10.2 Å². The molecule has 0 aromatic carbocycles. The van der Waals surface area contributed by atoms with E-state index in [1.165, 1.54) is 0 Å². The van der Waals surface area contributed by atoms with Crippen LogP contribution >= 0.6 is 0 Å². The summed E-state index contributed by atoms with van der Waals surface area (Å²) in [6, 6.07) is 0. The number of rotatable bonds is 2. The molecule has 0 radical (unpaired) electrons. The second-order valence-electron chi connectivity index (χ2n) is 4.62. The summed E-state index contributed by atoms with van der Waals surface area (Å²) in [5.41, 5.74) is 10.3. The van der Waals surface area contributed by atoms with Gasteiger partial charge >= 0.3 is 0 Å². The fraction of sp³-hybridized carbons (Fsp3) is 0. The Kier molecular flexibility index (Phi) is 2.65. The van der Waals surface area contributed by atoms with Crippen LogP contribution in [0.3, 0.4) is 0 Å². The SMILES string of the molecule is Nc1nc2nc(N=Nc3nc4nc(N)[nH]c(=O)c4[nH]3)[nH]c2c(=O)[nH]1. The maximum atomic E-state index is 11.7. The largest absolute Gasteiger partial charge is 0.369 e. The first-order valence-corrected chi connectivity index (χ1v) is 6.42. The molecule has 0 spiro atoms. The maximum absolute atomic E-state index is 11.7. The number of nitrogen functional groups attached to an aromatic ring is 2. The summed E-state index contributed by atoms with van der Waals surface area (Å²) in [7, 11) is 0. The molecule has 4 aromatic rings. The van der Waals surface area contributed by atoms with Gasteiger partial charge in [0.2, 0.25) is 23.8 Å². The number of aromatic nitrogens is 8. The molecule has 120 valence electrons. The fourth-order valence-electron chi connectivity index (χ4n) is 2.01. The molecule has 0 bridgehead atoms. The monoisotopic (exact) mass is 328 g/mol. The summed E-state index contributed by atoms with van der Waals surface area (Å²) in [4.78, 5) is 48.9. The molecule has 14 heteroatoms. The van der Waals surface area contributed by atoms with Gasteiger partial charge in [-0.3, -0.25) is 19.6 Å². The van der Waals surface area contributed by atoms with Crippen molar-refractivity contribution >= 4 is 46.1 Å². The average molecular weight is 328 g/mol. The van der Waals surface area contributed by atoms with Crippen LogP contribution < -0.4 is 22.6 Å². The molecule has 0 atom stereocenters. The predicted molar refractivity (Wildman–Crippen MR) is 82.0 cm³/mol.